The van der Waals surface area contributed by atoms with Gasteiger partial charge in [-0.05, 0) is 6.07 Å². The lowest BCUT2D eigenvalue weighted by Gasteiger charge is -2.10. The van der Waals surface area contributed by atoms with Crippen LogP contribution < -0.4 is 10.3 Å². The molecule has 0 fully saturated rings. The SMILES string of the molecule is N#Cc1cc(Cl)nc(Oc2c(C(F)(F)F)nc[nH]c2=O)c1. The Morgan fingerprint density at radius 3 is 2.71 bits per heavy atom. The maximum Gasteiger partial charge on any atom is 0.437 e. The number of nitrogens with zero attached hydrogens (tertiary/aromatic N) is 3. The first kappa shape index (κ1) is 14.8. The first-order valence-corrected chi connectivity index (χ1v) is 5.59. The minimum absolute atomic E-state index is 0.0128. The molecule has 2 aromatic rings. The Labute approximate surface area is 119 Å². The number of ether oxygens (including phenoxy) is 1. The fourth-order valence-electron chi connectivity index (χ4n) is 1.38. The number of nitriles is 1. The van der Waals surface area contributed by atoms with Crippen LogP contribution in [0.4, 0.5) is 13.2 Å². The fraction of sp³-hybridized carbons (Fsp3) is 0.0909. The fourth-order valence-corrected chi connectivity index (χ4v) is 1.58. The summed E-state index contributed by atoms with van der Waals surface area (Å²) in [7, 11) is 0. The number of alkyl halides is 3. The van der Waals surface area contributed by atoms with E-state index in [1.807, 2.05) is 4.98 Å². The normalized spacial score (nSPS) is 11.0. The highest BCUT2D eigenvalue weighted by Crippen LogP contribution is 2.34. The van der Waals surface area contributed by atoms with Crippen molar-refractivity contribution in [1.29, 1.82) is 5.26 Å². The van der Waals surface area contributed by atoms with Gasteiger partial charge in [0.25, 0.3) is 5.56 Å². The zero-order chi connectivity index (χ0) is 15.6. The van der Waals surface area contributed by atoms with Crippen LogP contribution in [0.5, 0.6) is 11.6 Å². The first-order chi connectivity index (χ1) is 9.81. The van der Waals surface area contributed by atoms with Crippen molar-refractivity contribution in [1.82, 2.24) is 15.0 Å². The molecule has 10 heteroatoms. The molecule has 0 saturated carbocycles. The van der Waals surface area contributed by atoms with E-state index in [1.54, 1.807) is 6.07 Å². The molecular formula is C11H4ClF3N4O2. The molecule has 0 amide bonds. The van der Waals surface area contributed by atoms with Crippen LogP contribution in [-0.2, 0) is 6.18 Å². The van der Waals surface area contributed by atoms with Crippen LogP contribution in [0, 0.1) is 11.3 Å². The van der Waals surface area contributed by atoms with Crippen molar-refractivity contribution in [3.63, 3.8) is 0 Å². The molecule has 0 bridgehead atoms. The molecule has 2 heterocycles. The van der Waals surface area contributed by atoms with Gasteiger partial charge in [0.1, 0.15) is 5.15 Å². The van der Waals surface area contributed by atoms with Gasteiger partial charge in [-0.3, -0.25) is 4.79 Å². The van der Waals surface area contributed by atoms with Crippen molar-refractivity contribution in [2.75, 3.05) is 0 Å². The van der Waals surface area contributed by atoms with E-state index in [0.29, 0.717) is 6.33 Å². The summed E-state index contributed by atoms with van der Waals surface area (Å²) in [4.78, 5) is 20.1. The van der Waals surface area contributed by atoms with Crippen LogP contribution in [-0.4, -0.2) is 15.0 Å². The van der Waals surface area contributed by atoms with Gasteiger partial charge in [0.15, 0.2) is 5.69 Å². The number of rotatable bonds is 2. The van der Waals surface area contributed by atoms with Gasteiger partial charge in [-0.1, -0.05) is 11.6 Å². The van der Waals surface area contributed by atoms with E-state index in [0.717, 1.165) is 6.07 Å². The Morgan fingerprint density at radius 1 is 1.38 bits per heavy atom. The molecule has 108 valence electrons. The zero-order valence-corrected chi connectivity index (χ0v) is 10.7. The summed E-state index contributed by atoms with van der Waals surface area (Å²) < 4.78 is 43.1. The summed E-state index contributed by atoms with van der Waals surface area (Å²) in [5, 5.41) is 8.57. The largest absolute Gasteiger partial charge is 0.437 e. The highest BCUT2D eigenvalue weighted by atomic mass is 35.5. The minimum atomic E-state index is -4.89. The number of nitrogens with one attached hydrogen (secondary N) is 1. The van der Waals surface area contributed by atoms with Gasteiger partial charge in [0.2, 0.25) is 11.6 Å². The van der Waals surface area contributed by atoms with Gasteiger partial charge in [-0.15, -0.1) is 0 Å². The second-order valence-electron chi connectivity index (χ2n) is 3.64. The average molecular weight is 317 g/mol. The van der Waals surface area contributed by atoms with Crippen LogP contribution in [0.3, 0.4) is 0 Å². The molecule has 0 aliphatic heterocycles. The minimum Gasteiger partial charge on any atom is -0.431 e. The number of pyridine rings is 1. The van der Waals surface area contributed by atoms with E-state index < -0.39 is 29.1 Å². The van der Waals surface area contributed by atoms with Crippen molar-refractivity contribution in [3.8, 4) is 17.7 Å². The van der Waals surface area contributed by atoms with Crippen LogP contribution in [0.2, 0.25) is 5.15 Å². The van der Waals surface area contributed by atoms with E-state index in [1.165, 1.54) is 6.07 Å². The standard InChI is InChI=1S/C11H4ClF3N4O2/c12-6-1-5(3-16)2-7(19-6)21-8-9(11(13,14)15)17-4-18-10(8)20/h1-2,4H,(H,17,18,20). The quantitative estimate of drug-likeness (QED) is 0.859. The Hall–Kier alpha value is -2.60. The maximum absolute atomic E-state index is 12.8. The second-order valence-corrected chi connectivity index (χ2v) is 4.03. The Bertz CT molecular complexity index is 782. The van der Waals surface area contributed by atoms with Gasteiger partial charge < -0.3 is 9.72 Å². The molecule has 2 rings (SSSR count). The highest BCUT2D eigenvalue weighted by molar-refractivity contribution is 6.29. The highest BCUT2D eigenvalue weighted by Gasteiger charge is 2.38. The maximum atomic E-state index is 12.8. The molecule has 0 aromatic carbocycles. The third kappa shape index (κ3) is 3.29. The number of aromatic nitrogens is 3. The molecule has 6 nitrogen and oxygen atoms in total. The van der Waals surface area contributed by atoms with Crippen molar-refractivity contribution < 1.29 is 17.9 Å². The van der Waals surface area contributed by atoms with Gasteiger partial charge in [0.05, 0.1) is 18.0 Å². The Morgan fingerprint density at radius 2 is 2.10 bits per heavy atom. The Balaban J connectivity index is 2.53. The average Bonchev–Trinajstić information content (AvgIpc) is 2.39. The summed E-state index contributed by atoms with van der Waals surface area (Å²) in [6.07, 6.45) is -4.29. The summed E-state index contributed by atoms with van der Waals surface area (Å²) in [5.74, 6) is -1.51. The van der Waals surface area contributed by atoms with E-state index in [-0.39, 0.29) is 10.7 Å². The zero-order valence-electron chi connectivity index (χ0n) is 9.90. The van der Waals surface area contributed by atoms with E-state index in [9.17, 15) is 18.0 Å². The van der Waals surface area contributed by atoms with Crippen LogP contribution in [0.25, 0.3) is 0 Å². The van der Waals surface area contributed by atoms with E-state index in [2.05, 4.69) is 9.97 Å². The van der Waals surface area contributed by atoms with Crippen LogP contribution in [0.1, 0.15) is 11.3 Å². The molecular weight excluding hydrogens is 313 g/mol. The topological polar surface area (TPSA) is 91.7 Å². The van der Waals surface area contributed by atoms with Crippen molar-refractivity contribution >= 4 is 11.6 Å². The number of hydrogen-bond acceptors (Lipinski definition) is 5. The Kier molecular flexibility index (Phi) is 3.82. The molecule has 1 N–H and O–H groups in total. The van der Waals surface area contributed by atoms with Gasteiger partial charge in [-0.25, -0.2) is 9.97 Å². The smallest absolute Gasteiger partial charge is 0.431 e. The molecule has 21 heavy (non-hydrogen) atoms. The lowest BCUT2D eigenvalue weighted by atomic mass is 10.3. The van der Waals surface area contributed by atoms with E-state index in [4.69, 9.17) is 21.6 Å². The molecule has 2 aromatic heterocycles. The monoisotopic (exact) mass is 316 g/mol. The molecule has 0 saturated heterocycles. The second kappa shape index (κ2) is 5.41. The number of aromatic amines is 1. The van der Waals surface area contributed by atoms with Crippen molar-refractivity contribution in [3.05, 3.63) is 45.2 Å². The van der Waals surface area contributed by atoms with Gasteiger partial charge in [-0.2, -0.15) is 18.4 Å². The molecule has 0 unspecified atom stereocenters. The lowest BCUT2D eigenvalue weighted by molar-refractivity contribution is -0.142. The van der Waals surface area contributed by atoms with Gasteiger partial charge >= 0.3 is 6.18 Å². The third-order valence-electron chi connectivity index (χ3n) is 2.19. The summed E-state index contributed by atoms with van der Waals surface area (Å²) in [6.45, 7) is 0. The predicted molar refractivity (Wildman–Crippen MR) is 63.9 cm³/mol. The number of H-pyrrole nitrogens is 1. The molecule has 0 atom stereocenters. The summed E-state index contributed by atoms with van der Waals surface area (Å²) in [5.41, 5.74) is -2.64. The first-order valence-electron chi connectivity index (χ1n) is 5.21. The number of hydrogen-bond donors (Lipinski definition) is 1. The van der Waals surface area contributed by atoms with Crippen molar-refractivity contribution in [2.24, 2.45) is 0 Å². The molecule has 0 aliphatic rings. The molecule has 0 aliphatic carbocycles. The van der Waals surface area contributed by atoms with Gasteiger partial charge in [0, 0.05) is 6.07 Å². The molecule has 0 radical (unpaired) electrons. The number of halogens is 4. The summed E-state index contributed by atoms with van der Waals surface area (Å²) in [6, 6.07) is 3.95. The van der Waals surface area contributed by atoms with E-state index >= 15 is 0 Å². The molecule has 0 spiro atoms. The van der Waals surface area contributed by atoms with Crippen LogP contribution >= 0.6 is 11.6 Å². The third-order valence-corrected chi connectivity index (χ3v) is 2.38. The summed E-state index contributed by atoms with van der Waals surface area (Å²) >= 11 is 5.60. The van der Waals surface area contributed by atoms with Crippen LogP contribution in [0.15, 0.2) is 23.3 Å². The van der Waals surface area contributed by atoms with Crippen molar-refractivity contribution in [2.45, 2.75) is 6.18 Å². The lowest BCUT2D eigenvalue weighted by Crippen LogP contribution is -2.19. The predicted octanol–water partition coefficient (Wildman–Crippen LogP) is 2.50.